The molecule has 0 spiro atoms. The molecule has 4 rings (SSSR count). The van der Waals surface area contributed by atoms with E-state index in [1.54, 1.807) is 23.2 Å². The minimum absolute atomic E-state index is 0.123. The molecule has 1 aromatic carbocycles. The number of pyridine rings is 1. The van der Waals surface area contributed by atoms with Gasteiger partial charge in [-0.2, -0.15) is 0 Å². The van der Waals surface area contributed by atoms with Crippen molar-refractivity contribution in [2.45, 2.75) is 45.4 Å². The number of furan rings is 1. The van der Waals surface area contributed by atoms with Gasteiger partial charge >= 0.3 is 0 Å². The molecule has 1 unspecified atom stereocenters. The van der Waals surface area contributed by atoms with Crippen molar-refractivity contribution in [3.05, 3.63) is 58.2 Å². The van der Waals surface area contributed by atoms with Crippen LogP contribution in [0.3, 0.4) is 0 Å². The van der Waals surface area contributed by atoms with Gasteiger partial charge in [-0.3, -0.25) is 9.59 Å². The first-order valence-corrected chi connectivity index (χ1v) is 13.7. The fourth-order valence-corrected chi connectivity index (χ4v) is 5.46. The van der Waals surface area contributed by atoms with Crippen LogP contribution >= 0.6 is 0 Å². The number of hydrogen-bond donors (Lipinski definition) is 1. The van der Waals surface area contributed by atoms with Gasteiger partial charge in [0, 0.05) is 42.1 Å². The number of amides is 1. The van der Waals surface area contributed by atoms with Crippen molar-refractivity contribution < 1.29 is 17.6 Å². The van der Waals surface area contributed by atoms with Crippen molar-refractivity contribution in [2.24, 2.45) is 5.92 Å². The van der Waals surface area contributed by atoms with Gasteiger partial charge in [0.15, 0.2) is 0 Å². The highest BCUT2D eigenvalue weighted by Crippen LogP contribution is 2.37. The maximum Gasteiger partial charge on any atom is 0.257 e. The van der Waals surface area contributed by atoms with Gasteiger partial charge in [0.05, 0.1) is 11.3 Å². The number of nitrogens with one attached hydrogen (secondary N) is 1. The number of nitrogens with zero attached hydrogens (tertiary/aromatic N) is 1. The van der Waals surface area contributed by atoms with Crippen molar-refractivity contribution in [1.82, 2.24) is 9.88 Å². The highest BCUT2D eigenvalue weighted by Gasteiger charge is 2.29. The number of likely N-dealkylation sites (tertiary alicyclic amines) is 1. The Bertz CT molecular complexity index is 1380. The summed E-state index contributed by atoms with van der Waals surface area (Å²) >= 11 is 0. The minimum Gasteiger partial charge on any atom is -0.463 e. The molecule has 1 N–H and O–H groups in total. The maximum atomic E-state index is 13.6. The number of rotatable bonds is 5. The van der Waals surface area contributed by atoms with E-state index in [1.165, 1.54) is 12.5 Å². The zero-order chi connectivity index (χ0) is 24.7. The first-order chi connectivity index (χ1) is 15.9. The van der Waals surface area contributed by atoms with E-state index in [0.717, 1.165) is 24.0 Å². The molecule has 1 amide bonds. The number of carbonyl (C=O) groups excluding carboxylic acids is 1. The summed E-state index contributed by atoms with van der Waals surface area (Å²) in [6, 6.07) is 7.37. The summed E-state index contributed by atoms with van der Waals surface area (Å²) < 4.78 is 29.1. The van der Waals surface area contributed by atoms with Crippen LogP contribution in [0.15, 0.2) is 45.9 Å². The summed E-state index contributed by atoms with van der Waals surface area (Å²) in [5.41, 5.74) is 2.86. The topological polar surface area (TPSA) is 100 Å². The molecule has 1 aliphatic heterocycles. The number of aromatic amines is 1. The first kappa shape index (κ1) is 24.3. The first-order valence-electron chi connectivity index (χ1n) is 11.6. The molecule has 8 heteroatoms. The molecule has 3 aromatic rings. The van der Waals surface area contributed by atoms with Crippen LogP contribution in [0.5, 0.6) is 0 Å². The average molecular weight is 485 g/mol. The normalized spacial score (nSPS) is 17.3. The maximum absolute atomic E-state index is 13.6. The Balaban J connectivity index is 1.73. The third-order valence-corrected chi connectivity index (χ3v) is 7.52. The molecule has 0 bridgehead atoms. The molecule has 1 atom stereocenters. The lowest BCUT2D eigenvalue weighted by Gasteiger charge is -2.32. The third-order valence-electron chi connectivity index (χ3n) is 6.54. The number of H-pyrrole nitrogens is 1. The van der Waals surface area contributed by atoms with E-state index in [0.29, 0.717) is 41.6 Å². The van der Waals surface area contributed by atoms with Gasteiger partial charge in [0.1, 0.15) is 21.7 Å². The quantitative estimate of drug-likeness (QED) is 0.579. The van der Waals surface area contributed by atoms with Crippen molar-refractivity contribution in [1.29, 1.82) is 0 Å². The molecule has 1 aliphatic rings. The highest BCUT2D eigenvalue weighted by atomic mass is 32.2. The number of piperidine rings is 1. The fourth-order valence-electron chi connectivity index (χ4n) is 4.70. The van der Waals surface area contributed by atoms with Crippen LogP contribution in [0.2, 0.25) is 0 Å². The summed E-state index contributed by atoms with van der Waals surface area (Å²) in [7, 11) is -3.03. The summed E-state index contributed by atoms with van der Waals surface area (Å²) in [5, 5.41) is 0.689. The molecule has 0 saturated carbocycles. The van der Waals surface area contributed by atoms with Crippen LogP contribution in [-0.2, 0) is 15.3 Å². The SMILES string of the molecule is CC(C)(C)c1cc(-c2ccc[nH]c2=O)cc2c(C(=O)N3CCCC(CCS(C)(=O)=O)C3)coc12. The lowest BCUT2D eigenvalue weighted by molar-refractivity contribution is 0.0672. The van der Waals surface area contributed by atoms with Crippen LogP contribution in [0.1, 0.15) is 56.0 Å². The predicted molar refractivity (Wildman–Crippen MR) is 134 cm³/mol. The Morgan fingerprint density at radius 2 is 2.03 bits per heavy atom. The lowest BCUT2D eigenvalue weighted by atomic mass is 9.84. The Morgan fingerprint density at radius 1 is 1.26 bits per heavy atom. The Kier molecular flexibility index (Phi) is 6.46. The lowest BCUT2D eigenvalue weighted by Crippen LogP contribution is -2.40. The van der Waals surface area contributed by atoms with E-state index in [1.807, 2.05) is 12.1 Å². The average Bonchev–Trinajstić information content (AvgIpc) is 3.20. The van der Waals surface area contributed by atoms with E-state index >= 15 is 0 Å². The van der Waals surface area contributed by atoms with E-state index in [9.17, 15) is 18.0 Å². The van der Waals surface area contributed by atoms with Crippen LogP contribution in [0.4, 0.5) is 0 Å². The molecular weight excluding hydrogens is 452 g/mol. The Hall–Kier alpha value is -2.87. The highest BCUT2D eigenvalue weighted by molar-refractivity contribution is 7.90. The van der Waals surface area contributed by atoms with Crippen LogP contribution in [-0.4, -0.2) is 49.3 Å². The second-order valence-electron chi connectivity index (χ2n) is 10.4. The van der Waals surface area contributed by atoms with Gasteiger partial charge in [-0.15, -0.1) is 0 Å². The van der Waals surface area contributed by atoms with E-state index in [2.05, 4.69) is 25.8 Å². The molecule has 0 aliphatic carbocycles. The molecule has 2 aromatic heterocycles. The molecule has 7 nitrogen and oxygen atoms in total. The van der Waals surface area contributed by atoms with Crippen molar-refractivity contribution >= 4 is 26.7 Å². The van der Waals surface area contributed by atoms with E-state index in [4.69, 9.17) is 4.42 Å². The molecule has 182 valence electrons. The van der Waals surface area contributed by atoms with E-state index < -0.39 is 9.84 Å². The molecule has 1 saturated heterocycles. The minimum atomic E-state index is -3.03. The number of fused-ring (bicyclic) bond motifs is 1. The van der Waals surface area contributed by atoms with Gasteiger partial charge in [-0.1, -0.05) is 20.8 Å². The molecule has 0 radical (unpaired) electrons. The van der Waals surface area contributed by atoms with Crippen molar-refractivity contribution in [2.75, 3.05) is 25.1 Å². The number of benzene rings is 1. The van der Waals surface area contributed by atoms with Crippen LogP contribution < -0.4 is 5.56 Å². The predicted octanol–water partition coefficient (Wildman–Crippen LogP) is 4.37. The molecule has 1 fully saturated rings. The summed E-state index contributed by atoms with van der Waals surface area (Å²) in [5.74, 6) is 0.175. The third kappa shape index (κ3) is 5.12. The van der Waals surface area contributed by atoms with E-state index in [-0.39, 0.29) is 28.6 Å². The smallest absolute Gasteiger partial charge is 0.257 e. The van der Waals surface area contributed by atoms with Crippen molar-refractivity contribution in [3.8, 4) is 11.1 Å². The van der Waals surface area contributed by atoms with Crippen molar-refractivity contribution in [3.63, 3.8) is 0 Å². The molecular formula is C26H32N2O5S. The summed E-state index contributed by atoms with van der Waals surface area (Å²) in [6.45, 7) is 7.38. The van der Waals surface area contributed by atoms with Gasteiger partial charge in [-0.05, 0) is 60.4 Å². The van der Waals surface area contributed by atoms with Gasteiger partial charge in [0.2, 0.25) is 0 Å². The largest absolute Gasteiger partial charge is 0.463 e. The van der Waals surface area contributed by atoms with Crippen LogP contribution in [0.25, 0.3) is 22.1 Å². The number of sulfone groups is 1. The van der Waals surface area contributed by atoms with Gasteiger partial charge < -0.3 is 14.3 Å². The second kappa shape index (κ2) is 9.06. The summed E-state index contributed by atoms with van der Waals surface area (Å²) in [6.07, 6.45) is 6.68. The van der Waals surface area contributed by atoms with Crippen LogP contribution in [0, 0.1) is 5.92 Å². The van der Waals surface area contributed by atoms with Gasteiger partial charge in [-0.25, -0.2) is 8.42 Å². The zero-order valence-electron chi connectivity index (χ0n) is 20.2. The molecule has 34 heavy (non-hydrogen) atoms. The summed E-state index contributed by atoms with van der Waals surface area (Å²) in [4.78, 5) is 30.6. The number of carbonyl (C=O) groups is 1. The number of hydrogen-bond acceptors (Lipinski definition) is 5. The molecule has 3 heterocycles. The Morgan fingerprint density at radius 3 is 2.71 bits per heavy atom. The monoisotopic (exact) mass is 484 g/mol. The Labute approximate surface area is 200 Å². The second-order valence-corrected chi connectivity index (χ2v) is 12.7. The standard InChI is InChI=1S/C26H32N2O5S/c1-26(2,3)22-14-18(19-8-5-10-27-24(19)29)13-20-21(16-33-23(20)22)25(30)28-11-6-7-17(15-28)9-12-34(4,31)32/h5,8,10,13-14,16-17H,6-7,9,11-12,15H2,1-4H3,(H,27,29). The number of aromatic nitrogens is 1. The zero-order valence-corrected chi connectivity index (χ0v) is 21.0. The van der Waals surface area contributed by atoms with Gasteiger partial charge in [0.25, 0.3) is 11.5 Å². The fraction of sp³-hybridized carbons (Fsp3) is 0.462.